The summed E-state index contributed by atoms with van der Waals surface area (Å²) in [6.45, 7) is 4.37. The van der Waals surface area contributed by atoms with Crippen LogP contribution in [0.1, 0.15) is 35.3 Å². The van der Waals surface area contributed by atoms with Crippen LogP contribution in [0.4, 0.5) is 17.1 Å². The molecule has 2 amide bonds. The number of esters is 1. The maximum atomic E-state index is 13.7. The molecule has 1 saturated heterocycles. The average Bonchev–Trinajstić information content (AvgIpc) is 3.06. The lowest BCUT2D eigenvalue weighted by Crippen LogP contribution is -2.47. The van der Waals surface area contributed by atoms with Crippen LogP contribution in [0.5, 0.6) is 5.75 Å². The first-order valence-electron chi connectivity index (χ1n) is 15.6. The van der Waals surface area contributed by atoms with Gasteiger partial charge in [-0.2, -0.15) is 0 Å². The number of hydrogen-bond donors (Lipinski definition) is 2. The molecule has 2 aromatic carbocycles. The molecule has 7 rings (SSSR count). The molecule has 1 fully saturated rings. The molecular weight excluding hydrogens is 584 g/mol. The van der Waals surface area contributed by atoms with Crippen LogP contribution in [0, 0.1) is 11.8 Å². The van der Waals surface area contributed by atoms with Crippen molar-refractivity contribution in [1.82, 2.24) is 4.57 Å². The van der Waals surface area contributed by atoms with Gasteiger partial charge in [-0.05, 0) is 73.9 Å². The van der Waals surface area contributed by atoms with Crippen LogP contribution in [-0.2, 0) is 20.9 Å². The Morgan fingerprint density at radius 3 is 2.59 bits per heavy atom. The molecule has 1 aromatic heterocycles. The molecule has 0 spiro atoms. The molecule has 10 nitrogen and oxygen atoms in total. The Bertz CT molecular complexity index is 1860. The van der Waals surface area contributed by atoms with E-state index in [9.17, 15) is 19.2 Å². The zero-order chi connectivity index (χ0) is 31.8. The number of ether oxygens (including phenoxy) is 2. The van der Waals surface area contributed by atoms with Gasteiger partial charge in [-0.25, -0.2) is 4.79 Å². The van der Waals surface area contributed by atoms with Gasteiger partial charge in [0.2, 0.25) is 0 Å². The molecule has 0 saturated carbocycles. The van der Waals surface area contributed by atoms with E-state index in [1.807, 2.05) is 41.9 Å². The molecule has 4 atom stereocenters. The Balaban J connectivity index is 1.19. The van der Waals surface area contributed by atoms with Crippen molar-refractivity contribution in [1.29, 1.82) is 0 Å². The van der Waals surface area contributed by atoms with Crippen LogP contribution in [0.2, 0.25) is 0 Å². The van der Waals surface area contributed by atoms with E-state index in [0.29, 0.717) is 48.9 Å². The number of benzene rings is 2. The van der Waals surface area contributed by atoms with Gasteiger partial charge in [-0.3, -0.25) is 14.4 Å². The van der Waals surface area contributed by atoms with Crippen molar-refractivity contribution < 1.29 is 23.9 Å². The fourth-order valence-corrected chi connectivity index (χ4v) is 6.83. The third kappa shape index (κ3) is 5.74. The van der Waals surface area contributed by atoms with Gasteiger partial charge < -0.3 is 29.6 Å². The van der Waals surface area contributed by atoms with Crippen LogP contribution in [0.25, 0.3) is 0 Å². The minimum absolute atomic E-state index is 0.00896. The molecule has 10 heteroatoms. The number of anilines is 3. The molecule has 1 aliphatic carbocycles. The Morgan fingerprint density at radius 1 is 0.935 bits per heavy atom. The predicted molar refractivity (Wildman–Crippen MR) is 174 cm³/mol. The summed E-state index contributed by atoms with van der Waals surface area (Å²) in [7, 11) is 0. The summed E-state index contributed by atoms with van der Waals surface area (Å²) in [6.07, 6.45) is 9.50. The third-order valence-electron chi connectivity index (χ3n) is 8.94. The van der Waals surface area contributed by atoms with E-state index < -0.39 is 18.0 Å². The van der Waals surface area contributed by atoms with Gasteiger partial charge in [0.25, 0.3) is 17.4 Å². The minimum Gasteiger partial charge on any atom is -0.494 e. The standard InChI is InChI=1S/C36H34N4O6/c1-2-45-27-13-11-26(12-14-27)37-34(42)24-10-15-31(39-19-22-16-25(21-39)30-7-5-9-33(41)40(30)20-22)29(18-24)38-35(43)28-17-23-6-3-4-8-32(23)46-36(28)44/h3-15,17-18,22-23,25,32H,2,16,19-21H2,1H3,(H,37,42)(H,38,43)/t22-,23+,25+,32-/m1/s1. The Hall–Kier alpha value is -5.38. The first kappa shape index (κ1) is 29.3. The molecule has 4 aliphatic rings. The molecule has 2 bridgehead atoms. The number of amides is 2. The quantitative estimate of drug-likeness (QED) is 0.292. The van der Waals surface area contributed by atoms with Crippen molar-refractivity contribution in [2.24, 2.45) is 11.8 Å². The van der Waals surface area contributed by atoms with E-state index >= 15 is 0 Å². The number of rotatable bonds is 7. The summed E-state index contributed by atoms with van der Waals surface area (Å²) in [5.41, 5.74) is 3.00. The zero-order valence-corrected chi connectivity index (χ0v) is 25.3. The fourth-order valence-electron chi connectivity index (χ4n) is 6.83. The number of allylic oxidation sites excluding steroid dienone is 2. The van der Waals surface area contributed by atoms with E-state index in [1.54, 1.807) is 60.7 Å². The van der Waals surface area contributed by atoms with Crippen LogP contribution in [0.15, 0.2) is 101 Å². The summed E-state index contributed by atoms with van der Waals surface area (Å²) in [5.74, 6) is -0.823. The lowest BCUT2D eigenvalue weighted by atomic mass is 9.83. The van der Waals surface area contributed by atoms with Gasteiger partial charge in [-0.1, -0.05) is 30.4 Å². The highest BCUT2D eigenvalue weighted by molar-refractivity contribution is 6.22. The second-order valence-corrected chi connectivity index (χ2v) is 12.0. The van der Waals surface area contributed by atoms with Gasteiger partial charge in [0.15, 0.2) is 0 Å². The van der Waals surface area contributed by atoms with Gasteiger partial charge in [0, 0.05) is 54.5 Å². The molecular formula is C36H34N4O6. The van der Waals surface area contributed by atoms with E-state index in [1.165, 1.54) is 0 Å². The highest BCUT2D eigenvalue weighted by Crippen LogP contribution is 2.39. The van der Waals surface area contributed by atoms with E-state index in [2.05, 4.69) is 15.5 Å². The van der Waals surface area contributed by atoms with Crippen molar-refractivity contribution in [3.8, 4) is 5.75 Å². The van der Waals surface area contributed by atoms with E-state index in [4.69, 9.17) is 9.47 Å². The van der Waals surface area contributed by atoms with Crippen molar-refractivity contribution in [2.45, 2.75) is 31.9 Å². The molecule has 0 radical (unpaired) electrons. The molecule has 234 valence electrons. The van der Waals surface area contributed by atoms with E-state index in [0.717, 1.165) is 17.8 Å². The summed E-state index contributed by atoms with van der Waals surface area (Å²) in [6, 6.07) is 17.7. The highest BCUT2D eigenvalue weighted by atomic mass is 16.5. The van der Waals surface area contributed by atoms with Gasteiger partial charge in [0.1, 0.15) is 17.4 Å². The number of nitrogens with zero attached hydrogens (tertiary/aromatic N) is 2. The predicted octanol–water partition coefficient (Wildman–Crippen LogP) is 4.66. The SMILES string of the molecule is CCOc1ccc(NC(=O)c2ccc(N3C[C@H]4C[C@@H](C3)c3cccc(=O)n3C4)c(NC(=O)C3=C[C@@H]4C=CC=C[C@H]4OC3=O)c2)cc1. The molecule has 3 aromatic rings. The number of carbonyl (C=O) groups excluding carboxylic acids is 3. The number of fused-ring (bicyclic) bond motifs is 5. The zero-order valence-electron chi connectivity index (χ0n) is 25.3. The highest BCUT2D eigenvalue weighted by Gasteiger charge is 2.36. The van der Waals surface area contributed by atoms with Crippen LogP contribution in [0.3, 0.4) is 0 Å². The summed E-state index contributed by atoms with van der Waals surface area (Å²) in [4.78, 5) is 54.7. The fraction of sp³-hybridized carbons (Fsp3) is 0.278. The van der Waals surface area contributed by atoms with Crippen molar-refractivity contribution in [3.63, 3.8) is 0 Å². The van der Waals surface area contributed by atoms with Crippen LogP contribution >= 0.6 is 0 Å². The number of piperidine rings is 1. The molecule has 3 aliphatic heterocycles. The Labute approximate surface area is 266 Å². The van der Waals surface area contributed by atoms with Crippen LogP contribution < -0.4 is 25.8 Å². The maximum Gasteiger partial charge on any atom is 0.344 e. The topological polar surface area (TPSA) is 119 Å². The normalized spacial score (nSPS) is 22.6. The lowest BCUT2D eigenvalue weighted by Gasteiger charge is -2.44. The Kier molecular flexibility index (Phi) is 7.78. The third-order valence-corrected chi connectivity index (χ3v) is 8.94. The first-order chi connectivity index (χ1) is 22.4. The molecule has 2 N–H and O–H groups in total. The summed E-state index contributed by atoms with van der Waals surface area (Å²) in [5, 5.41) is 5.84. The second kappa shape index (κ2) is 12.2. The van der Waals surface area contributed by atoms with Crippen molar-refractivity contribution >= 4 is 34.8 Å². The first-order valence-corrected chi connectivity index (χ1v) is 15.6. The number of pyridine rings is 1. The van der Waals surface area contributed by atoms with Crippen molar-refractivity contribution in [2.75, 3.05) is 35.2 Å². The monoisotopic (exact) mass is 618 g/mol. The van der Waals surface area contributed by atoms with Gasteiger partial charge >= 0.3 is 5.97 Å². The lowest BCUT2D eigenvalue weighted by molar-refractivity contribution is -0.145. The van der Waals surface area contributed by atoms with Gasteiger partial charge in [0.05, 0.1) is 18.0 Å². The largest absolute Gasteiger partial charge is 0.494 e. The molecule has 4 heterocycles. The van der Waals surface area contributed by atoms with Crippen molar-refractivity contribution in [3.05, 3.63) is 118 Å². The number of nitrogens with one attached hydrogen (secondary N) is 2. The van der Waals surface area contributed by atoms with Crippen LogP contribution in [-0.4, -0.2) is 48.2 Å². The number of carbonyl (C=O) groups is 3. The molecule has 46 heavy (non-hydrogen) atoms. The summed E-state index contributed by atoms with van der Waals surface area (Å²) >= 11 is 0. The summed E-state index contributed by atoms with van der Waals surface area (Å²) < 4.78 is 12.9. The number of aromatic nitrogens is 1. The average molecular weight is 619 g/mol. The second-order valence-electron chi connectivity index (χ2n) is 12.0. The number of hydrogen-bond acceptors (Lipinski definition) is 7. The van der Waals surface area contributed by atoms with E-state index in [-0.39, 0.29) is 34.8 Å². The maximum absolute atomic E-state index is 13.7. The minimum atomic E-state index is -0.695. The molecule has 0 unspecified atom stereocenters. The van der Waals surface area contributed by atoms with Gasteiger partial charge in [-0.15, -0.1) is 0 Å². The Morgan fingerprint density at radius 2 is 1.76 bits per heavy atom. The smallest absolute Gasteiger partial charge is 0.344 e.